The van der Waals surface area contributed by atoms with Crippen molar-refractivity contribution in [3.8, 4) is 6.07 Å². The highest BCUT2D eigenvalue weighted by molar-refractivity contribution is 4.88. The number of hydrogen-bond donors (Lipinski definition) is 1. The van der Waals surface area contributed by atoms with Crippen LogP contribution in [0.4, 0.5) is 0 Å². The molecular formula is C10H20N2. The Hall–Kier alpha value is -0.550. The molecule has 0 spiro atoms. The molecule has 1 atom stereocenters. The number of hydrogen-bond acceptors (Lipinski definition) is 2. The third-order valence-corrected chi connectivity index (χ3v) is 1.82. The minimum Gasteiger partial charge on any atom is -0.311 e. The van der Waals surface area contributed by atoms with Crippen LogP contribution in [0.2, 0.25) is 0 Å². The standard InChI is InChI=1S/C10H20N2/c1-8(2)9(6-11)7-12-10(3,4)5/h8-9,12H,7H2,1-5H3. The maximum Gasteiger partial charge on any atom is 0.0671 e. The van der Waals surface area contributed by atoms with Crippen LogP contribution in [0.1, 0.15) is 34.6 Å². The lowest BCUT2D eigenvalue weighted by atomic mass is 9.96. The van der Waals surface area contributed by atoms with Crippen molar-refractivity contribution in [3.63, 3.8) is 0 Å². The Morgan fingerprint density at radius 2 is 1.83 bits per heavy atom. The second-order valence-corrected chi connectivity index (χ2v) is 4.61. The van der Waals surface area contributed by atoms with Crippen LogP contribution in [0.5, 0.6) is 0 Å². The van der Waals surface area contributed by atoms with Crippen molar-refractivity contribution in [1.29, 1.82) is 5.26 Å². The summed E-state index contributed by atoms with van der Waals surface area (Å²) in [6.45, 7) is 11.3. The predicted octanol–water partition coefficient (Wildman–Crippen LogP) is 2.17. The van der Waals surface area contributed by atoms with Crippen LogP contribution in [0, 0.1) is 23.2 Å². The van der Waals surface area contributed by atoms with E-state index in [1.54, 1.807) is 0 Å². The predicted molar refractivity (Wildman–Crippen MR) is 51.7 cm³/mol. The van der Waals surface area contributed by atoms with E-state index in [1.165, 1.54) is 0 Å². The lowest BCUT2D eigenvalue weighted by Gasteiger charge is -2.23. The lowest BCUT2D eigenvalue weighted by Crippen LogP contribution is -2.39. The van der Waals surface area contributed by atoms with E-state index in [0.29, 0.717) is 5.92 Å². The summed E-state index contributed by atoms with van der Waals surface area (Å²) in [6, 6.07) is 2.31. The quantitative estimate of drug-likeness (QED) is 0.701. The summed E-state index contributed by atoms with van der Waals surface area (Å²) in [5.74, 6) is 0.564. The van der Waals surface area contributed by atoms with Gasteiger partial charge in [0.05, 0.1) is 12.0 Å². The van der Waals surface area contributed by atoms with Crippen molar-refractivity contribution in [2.45, 2.75) is 40.2 Å². The largest absolute Gasteiger partial charge is 0.311 e. The first-order chi connectivity index (χ1) is 5.37. The zero-order valence-electron chi connectivity index (χ0n) is 8.81. The number of nitrogens with zero attached hydrogens (tertiary/aromatic N) is 1. The molecule has 0 aromatic rings. The first kappa shape index (κ1) is 11.4. The van der Waals surface area contributed by atoms with Gasteiger partial charge in [0.2, 0.25) is 0 Å². The molecule has 0 aromatic heterocycles. The molecule has 0 fully saturated rings. The van der Waals surface area contributed by atoms with Crippen LogP contribution in [0.3, 0.4) is 0 Å². The monoisotopic (exact) mass is 168 g/mol. The highest BCUT2D eigenvalue weighted by Gasteiger charge is 2.15. The fourth-order valence-electron chi connectivity index (χ4n) is 0.847. The Morgan fingerprint density at radius 1 is 1.33 bits per heavy atom. The van der Waals surface area contributed by atoms with E-state index in [4.69, 9.17) is 5.26 Å². The fourth-order valence-corrected chi connectivity index (χ4v) is 0.847. The van der Waals surface area contributed by atoms with E-state index in [9.17, 15) is 0 Å². The first-order valence-electron chi connectivity index (χ1n) is 4.51. The summed E-state index contributed by atoms with van der Waals surface area (Å²) in [6.07, 6.45) is 0. The van der Waals surface area contributed by atoms with Gasteiger partial charge in [-0.3, -0.25) is 0 Å². The van der Waals surface area contributed by atoms with Gasteiger partial charge in [-0.1, -0.05) is 13.8 Å². The Balaban J connectivity index is 3.84. The van der Waals surface area contributed by atoms with Gasteiger partial charge in [-0.15, -0.1) is 0 Å². The van der Waals surface area contributed by atoms with Gasteiger partial charge in [-0.2, -0.15) is 5.26 Å². The van der Waals surface area contributed by atoms with Crippen LogP contribution < -0.4 is 5.32 Å². The van der Waals surface area contributed by atoms with Crippen LogP contribution in [-0.4, -0.2) is 12.1 Å². The Kier molecular flexibility index (Phi) is 4.26. The van der Waals surface area contributed by atoms with E-state index in [0.717, 1.165) is 6.54 Å². The number of nitriles is 1. The molecule has 0 bridgehead atoms. The van der Waals surface area contributed by atoms with Gasteiger partial charge in [0.25, 0.3) is 0 Å². The van der Waals surface area contributed by atoms with E-state index < -0.39 is 0 Å². The molecule has 0 rings (SSSR count). The minimum absolute atomic E-state index is 0.115. The third kappa shape index (κ3) is 5.15. The fraction of sp³-hybridized carbons (Fsp3) is 0.900. The summed E-state index contributed by atoms with van der Waals surface area (Å²) < 4.78 is 0. The SMILES string of the molecule is CC(C)C(C#N)CNC(C)(C)C. The normalized spacial score (nSPS) is 14.4. The molecule has 0 amide bonds. The zero-order valence-corrected chi connectivity index (χ0v) is 8.81. The first-order valence-corrected chi connectivity index (χ1v) is 4.51. The van der Waals surface area contributed by atoms with Crippen LogP contribution >= 0.6 is 0 Å². The van der Waals surface area contributed by atoms with Gasteiger partial charge in [0.1, 0.15) is 0 Å². The molecule has 12 heavy (non-hydrogen) atoms. The van der Waals surface area contributed by atoms with E-state index >= 15 is 0 Å². The summed E-state index contributed by atoms with van der Waals surface area (Å²) >= 11 is 0. The molecule has 70 valence electrons. The average Bonchev–Trinajstić information content (AvgIpc) is 1.85. The second kappa shape index (κ2) is 4.47. The van der Waals surface area contributed by atoms with Gasteiger partial charge in [0, 0.05) is 12.1 Å². The van der Waals surface area contributed by atoms with Gasteiger partial charge < -0.3 is 5.32 Å². The van der Waals surface area contributed by atoms with Crippen LogP contribution in [-0.2, 0) is 0 Å². The summed E-state index contributed by atoms with van der Waals surface area (Å²) in [7, 11) is 0. The smallest absolute Gasteiger partial charge is 0.0671 e. The molecule has 1 unspecified atom stereocenters. The molecule has 0 aromatic carbocycles. The van der Waals surface area contributed by atoms with E-state index in [-0.39, 0.29) is 11.5 Å². The molecule has 0 saturated heterocycles. The maximum atomic E-state index is 8.80. The summed E-state index contributed by atoms with van der Waals surface area (Å²) in [5.41, 5.74) is 0.115. The van der Waals surface area contributed by atoms with Crippen LogP contribution in [0.25, 0.3) is 0 Å². The molecule has 0 heterocycles. The van der Waals surface area contributed by atoms with Crippen molar-refractivity contribution < 1.29 is 0 Å². The zero-order chi connectivity index (χ0) is 9.78. The van der Waals surface area contributed by atoms with Gasteiger partial charge in [-0.05, 0) is 26.7 Å². The summed E-state index contributed by atoms with van der Waals surface area (Å²) in [4.78, 5) is 0. The third-order valence-electron chi connectivity index (χ3n) is 1.82. The van der Waals surface area contributed by atoms with Gasteiger partial charge in [0.15, 0.2) is 0 Å². The van der Waals surface area contributed by atoms with E-state index in [2.05, 4.69) is 46.0 Å². The minimum atomic E-state index is 0.115. The number of rotatable bonds is 3. The second-order valence-electron chi connectivity index (χ2n) is 4.61. The Morgan fingerprint density at radius 3 is 2.08 bits per heavy atom. The topological polar surface area (TPSA) is 35.8 Å². The maximum absolute atomic E-state index is 8.80. The molecule has 2 nitrogen and oxygen atoms in total. The van der Waals surface area contributed by atoms with E-state index in [1.807, 2.05) is 0 Å². The molecule has 0 aliphatic rings. The highest BCUT2D eigenvalue weighted by atomic mass is 14.9. The molecule has 0 radical (unpaired) electrons. The molecule has 2 heteroatoms. The van der Waals surface area contributed by atoms with Gasteiger partial charge in [-0.25, -0.2) is 0 Å². The van der Waals surface area contributed by atoms with Gasteiger partial charge >= 0.3 is 0 Å². The average molecular weight is 168 g/mol. The van der Waals surface area contributed by atoms with Crippen molar-refractivity contribution in [3.05, 3.63) is 0 Å². The van der Waals surface area contributed by atoms with Crippen LogP contribution in [0.15, 0.2) is 0 Å². The Labute approximate surface area is 76.0 Å². The van der Waals surface area contributed by atoms with Crippen molar-refractivity contribution in [1.82, 2.24) is 5.32 Å². The molecule has 1 N–H and O–H groups in total. The highest BCUT2D eigenvalue weighted by Crippen LogP contribution is 2.09. The molecule has 0 saturated carbocycles. The molecule has 0 aliphatic carbocycles. The summed E-state index contributed by atoms with van der Waals surface area (Å²) in [5, 5.41) is 12.1. The lowest BCUT2D eigenvalue weighted by molar-refractivity contribution is 0.361. The Bertz CT molecular complexity index is 160. The van der Waals surface area contributed by atoms with Crippen molar-refractivity contribution in [2.24, 2.45) is 11.8 Å². The van der Waals surface area contributed by atoms with Crippen molar-refractivity contribution >= 4 is 0 Å². The molecular weight excluding hydrogens is 148 g/mol. The molecule has 0 aliphatic heterocycles. The number of nitrogens with one attached hydrogen (secondary N) is 1. The van der Waals surface area contributed by atoms with Crippen molar-refractivity contribution in [2.75, 3.05) is 6.54 Å².